The summed E-state index contributed by atoms with van der Waals surface area (Å²) in [5.74, 6) is 0.739. The van der Waals surface area contributed by atoms with E-state index < -0.39 is 0 Å². The monoisotopic (exact) mass is 280 g/mol. The van der Waals surface area contributed by atoms with Crippen molar-refractivity contribution in [2.24, 2.45) is 11.1 Å². The van der Waals surface area contributed by atoms with Crippen LogP contribution in [-0.4, -0.2) is 32.7 Å². The fourth-order valence-electron chi connectivity index (χ4n) is 1.93. The predicted molar refractivity (Wildman–Crippen MR) is 79.3 cm³/mol. The topological polar surface area (TPSA) is 73.6 Å². The lowest BCUT2D eigenvalue weighted by Crippen LogP contribution is -2.48. The Morgan fingerprint density at radius 1 is 1.30 bits per heavy atom. The first-order valence-electron chi connectivity index (χ1n) is 6.57. The molecule has 0 fully saturated rings. The zero-order valence-corrected chi connectivity index (χ0v) is 12.8. The first kappa shape index (κ1) is 16.3. The van der Waals surface area contributed by atoms with Gasteiger partial charge in [-0.3, -0.25) is 4.79 Å². The number of methoxy groups -OCH3 is 2. The van der Waals surface area contributed by atoms with Crippen molar-refractivity contribution in [3.63, 3.8) is 0 Å². The molecule has 5 heteroatoms. The molecule has 20 heavy (non-hydrogen) atoms. The number of rotatable bonds is 5. The van der Waals surface area contributed by atoms with Crippen molar-refractivity contribution in [3.8, 4) is 11.5 Å². The molecule has 1 rings (SSSR count). The van der Waals surface area contributed by atoms with Crippen molar-refractivity contribution in [2.75, 3.05) is 20.8 Å². The summed E-state index contributed by atoms with van der Waals surface area (Å²) in [5, 5.41) is 2.95. The van der Waals surface area contributed by atoms with E-state index in [4.69, 9.17) is 15.2 Å². The normalized spacial score (nSPS) is 12.7. The summed E-state index contributed by atoms with van der Waals surface area (Å²) in [7, 11) is 3.05. The Kier molecular flexibility index (Phi) is 5.39. The van der Waals surface area contributed by atoms with Gasteiger partial charge in [-0.25, -0.2) is 0 Å². The van der Waals surface area contributed by atoms with E-state index in [0.717, 1.165) is 0 Å². The van der Waals surface area contributed by atoms with Crippen LogP contribution in [-0.2, 0) is 0 Å². The second-order valence-corrected chi connectivity index (χ2v) is 5.67. The number of ether oxygens (including phenoxy) is 2. The van der Waals surface area contributed by atoms with Crippen LogP contribution >= 0.6 is 0 Å². The summed E-state index contributed by atoms with van der Waals surface area (Å²) in [5.41, 5.74) is 6.07. The quantitative estimate of drug-likeness (QED) is 0.862. The van der Waals surface area contributed by atoms with Crippen molar-refractivity contribution in [3.05, 3.63) is 23.8 Å². The molecule has 0 aliphatic rings. The van der Waals surface area contributed by atoms with Crippen LogP contribution in [0.3, 0.4) is 0 Å². The van der Waals surface area contributed by atoms with E-state index in [0.29, 0.717) is 23.6 Å². The minimum atomic E-state index is -0.217. The number of benzene rings is 1. The van der Waals surface area contributed by atoms with Gasteiger partial charge in [0.1, 0.15) is 0 Å². The molecule has 0 aliphatic heterocycles. The van der Waals surface area contributed by atoms with E-state index >= 15 is 0 Å². The Morgan fingerprint density at radius 2 is 1.95 bits per heavy atom. The molecule has 0 spiro atoms. The van der Waals surface area contributed by atoms with Gasteiger partial charge in [0.25, 0.3) is 5.91 Å². The van der Waals surface area contributed by atoms with E-state index in [-0.39, 0.29) is 17.4 Å². The highest BCUT2D eigenvalue weighted by Crippen LogP contribution is 2.31. The molecule has 112 valence electrons. The third-order valence-corrected chi connectivity index (χ3v) is 3.23. The van der Waals surface area contributed by atoms with Crippen LogP contribution < -0.4 is 20.5 Å². The van der Waals surface area contributed by atoms with Crippen LogP contribution in [0.5, 0.6) is 11.5 Å². The van der Waals surface area contributed by atoms with Gasteiger partial charge in [-0.05, 0) is 17.5 Å². The Hall–Kier alpha value is -1.75. The average Bonchev–Trinajstić information content (AvgIpc) is 2.41. The minimum absolute atomic E-state index is 0.115. The van der Waals surface area contributed by atoms with Crippen molar-refractivity contribution >= 4 is 5.91 Å². The van der Waals surface area contributed by atoms with Gasteiger partial charge in [-0.15, -0.1) is 0 Å². The van der Waals surface area contributed by atoms with Gasteiger partial charge in [0.2, 0.25) is 0 Å². The lowest BCUT2D eigenvalue weighted by Gasteiger charge is -2.30. The average molecular weight is 280 g/mol. The smallest absolute Gasteiger partial charge is 0.255 e. The molecule has 0 saturated heterocycles. The second-order valence-electron chi connectivity index (χ2n) is 5.67. The molecule has 0 aliphatic carbocycles. The summed E-state index contributed by atoms with van der Waals surface area (Å²) >= 11 is 0. The number of hydrogen-bond acceptors (Lipinski definition) is 4. The maximum Gasteiger partial charge on any atom is 0.255 e. The molecule has 1 amide bonds. The molecule has 5 nitrogen and oxygen atoms in total. The van der Waals surface area contributed by atoms with Crippen LogP contribution in [0.25, 0.3) is 0 Å². The van der Waals surface area contributed by atoms with Crippen molar-refractivity contribution in [1.82, 2.24) is 5.32 Å². The molecule has 0 saturated carbocycles. The summed E-state index contributed by atoms with van der Waals surface area (Å²) in [4.78, 5) is 12.4. The Morgan fingerprint density at radius 3 is 2.40 bits per heavy atom. The first-order valence-corrected chi connectivity index (χ1v) is 6.57. The van der Waals surface area contributed by atoms with Gasteiger partial charge >= 0.3 is 0 Å². The number of hydrogen-bond donors (Lipinski definition) is 2. The lowest BCUT2D eigenvalue weighted by atomic mass is 9.86. The molecular weight excluding hydrogens is 256 g/mol. The summed E-state index contributed by atoms with van der Waals surface area (Å²) in [6, 6.07) is 5.09. The number of para-hydroxylation sites is 1. The van der Waals surface area contributed by atoms with Crippen molar-refractivity contribution in [2.45, 2.75) is 26.8 Å². The van der Waals surface area contributed by atoms with E-state index in [2.05, 4.69) is 5.32 Å². The number of nitrogens with one attached hydrogen (secondary N) is 1. The molecule has 0 heterocycles. The fourth-order valence-corrected chi connectivity index (χ4v) is 1.93. The molecule has 1 unspecified atom stereocenters. The van der Waals surface area contributed by atoms with Crippen molar-refractivity contribution in [1.29, 1.82) is 0 Å². The molecule has 0 bridgehead atoms. The third-order valence-electron chi connectivity index (χ3n) is 3.23. The maximum absolute atomic E-state index is 12.4. The molecule has 1 atom stereocenters. The largest absolute Gasteiger partial charge is 0.493 e. The van der Waals surface area contributed by atoms with E-state index in [1.807, 2.05) is 20.8 Å². The fraction of sp³-hybridized carbons (Fsp3) is 0.533. The van der Waals surface area contributed by atoms with Gasteiger partial charge in [0.15, 0.2) is 11.5 Å². The highest BCUT2D eigenvalue weighted by Gasteiger charge is 2.26. The number of nitrogens with two attached hydrogens (primary N) is 1. The predicted octanol–water partition coefficient (Wildman–Crippen LogP) is 1.81. The Labute approximate surface area is 120 Å². The molecule has 1 aromatic carbocycles. The van der Waals surface area contributed by atoms with Crippen molar-refractivity contribution < 1.29 is 14.3 Å². The molecule has 0 radical (unpaired) electrons. The molecule has 3 N–H and O–H groups in total. The number of carbonyl (C=O) groups is 1. The SMILES string of the molecule is COc1cccc(C(=O)NC(CN)C(C)(C)C)c1OC. The van der Waals surface area contributed by atoms with Gasteiger partial charge in [-0.1, -0.05) is 26.8 Å². The zero-order valence-electron chi connectivity index (χ0n) is 12.8. The Bertz CT molecular complexity index is 467. The third kappa shape index (κ3) is 3.63. The van der Waals surface area contributed by atoms with Crippen LogP contribution in [0.4, 0.5) is 0 Å². The van der Waals surface area contributed by atoms with E-state index in [1.54, 1.807) is 18.2 Å². The molecule has 0 aromatic heterocycles. The van der Waals surface area contributed by atoms with Crippen LogP contribution in [0.2, 0.25) is 0 Å². The summed E-state index contributed by atoms with van der Waals surface area (Å²) in [6.07, 6.45) is 0. The first-order chi connectivity index (χ1) is 9.35. The van der Waals surface area contributed by atoms with Gasteiger partial charge in [0.05, 0.1) is 19.8 Å². The second kappa shape index (κ2) is 6.61. The van der Waals surface area contributed by atoms with Crippen LogP contribution in [0, 0.1) is 5.41 Å². The Balaban J connectivity index is 3.04. The van der Waals surface area contributed by atoms with Gasteiger partial charge < -0.3 is 20.5 Å². The summed E-state index contributed by atoms with van der Waals surface area (Å²) in [6.45, 7) is 6.48. The van der Waals surface area contributed by atoms with E-state index in [9.17, 15) is 4.79 Å². The zero-order chi connectivity index (χ0) is 15.3. The van der Waals surface area contributed by atoms with E-state index in [1.165, 1.54) is 14.2 Å². The van der Waals surface area contributed by atoms with Crippen LogP contribution in [0.1, 0.15) is 31.1 Å². The highest BCUT2D eigenvalue weighted by molar-refractivity contribution is 5.98. The van der Waals surface area contributed by atoms with Gasteiger partial charge in [-0.2, -0.15) is 0 Å². The summed E-state index contributed by atoms with van der Waals surface area (Å²) < 4.78 is 10.5. The molecule has 1 aromatic rings. The number of carbonyl (C=O) groups excluding carboxylic acids is 1. The molecular formula is C15H24N2O3. The van der Waals surface area contributed by atoms with Gasteiger partial charge in [0, 0.05) is 12.6 Å². The number of amides is 1. The lowest BCUT2D eigenvalue weighted by molar-refractivity contribution is 0.0902. The van der Waals surface area contributed by atoms with Crippen LogP contribution in [0.15, 0.2) is 18.2 Å². The maximum atomic E-state index is 12.4. The standard InChI is InChI=1S/C15H24N2O3/c1-15(2,3)12(9-16)17-14(18)10-7-6-8-11(19-4)13(10)20-5/h6-8,12H,9,16H2,1-5H3,(H,17,18). The minimum Gasteiger partial charge on any atom is -0.493 e. The highest BCUT2D eigenvalue weighted by atomic mass is 16.5.